The van der Waals surface area contributed by atoms with Crippen LogP contribution >= 0.6 is 31.9 Å². The van der Waals surface area contributed by atoms with Crippen LogP contribution in [0.2, 0.25) is 0 Å². The standard InChI is InChI=1S/C12H18Br2N2O4S/c1-12(17,3-4-20-2)7-16-21(18,19)11-9(14)5-8(13)6-10(11)15/h5-6,16-17H,3-4,7,15H2,1-2H3. The van der Waals surface area contributed by atoms with Crippen molar-refractivity contribution in [2.24, 2.45) is 0 Å². The first-order valence-electron chi connectivity index (χ1n) is 6.04. The van der Waals surface area contributed by atoms with Crippen molar-refractivity contribution in [2.45, 2.75) is 23.8 Å². The number of hydrogen-bond acceptors (Lipinski definition) is 5. The van der Waals surface area contributed by atoms with Crippen molar-refractivity contribution in [3.63, 3.8) is 0 Å². The molecule has 0 fully saturated rings. The minimum absolute atomic E-state index is 0.0479. The van der Waals surface area contributed by atoms with E-state index in [4.69, 9.17) is 10.5 Å². The van der Waals surface area contributed by atoms with Crippen LogP contribution in [0.15, 0.2) is 26.0 Å². The summed E-state index contributed by atoms with van der Waals surface area (Å²) < 4.78 is 32.9. The van der Waals surface area contributed by atoms with Gasteiger partial charge in [-0.05, 0) is 35.0 Å². The minimum atomic E-state index is -3.84. The average Bonchev–Trinajstić information content (AvgIpc) is 2.33. The van der Waals surface area contributed by atoms with Gasteiger partial charge in [0.05, 0.1) is 11.3 Å². The Hall–Kier alpha value is -0.190. The molecular formula is C12H18Br2N2O4S. The van der Waals surface area contributed by atoms with Crippen molar-refractivity contribution < 1.29 is 18.3 Å². The number of nitrogen functional groups attached to an aromatic ring is 1. The third-order valence-corrected chi connectivity index (χ3v) is 5.66. The summed E-state index contributed by atoms with van der Waals surface area (Å²) in [7, 11) is -2.33. The van der Waals surface area contributed by atoms with E-state index in [0.29, 0.717) is 22.0 Å². The Kier molecular flexibility index (Phi) is 6.63. The molecule has 0 aliphatic carbocycles. The van der Waals surface area contributed by atoms with E-state index in [9.17, 15) is 13.5 Å². The van der Waals surface area contributed by atoms with Gasteiger partial charge in [0.2, 0.25) is 10.0 Å². The summed E-state index contributed by atoms with van der Waals surface area (Å²) in [6.07, 6.45) is 0.309. The first kappa shape index (κ1) is 18.9. The largest absolute Gasteiger partial charge is 0.398 e. The third-order valence-electron chi connectivity index (χ3n) is 2.79. The first-order valence-corrected chi connectivity index (χ1v) is 9.11. The van der Waals surface area contributed by atoms with E-state index >= 15 is 0 Å². The Labute approximate surface area is 141 Å². The Balaban J connectivity index is 2.93. The summed E-state index contributed by atoms with van der Waals surface area (Å²) in [6, 6.07) is 3.09. The van der Waals surface area contributed by atoms with Gasteiger partial charge in [0, 0.05) is 35.6 Å². The average molecular weight is 446 g/mol. The van der Waals surface area contributed by atoms with E-state index < -0.39 is 15.6 Å². The molecule has 0 spiro atoms. The summed E-state index contributed by atoms with van der Waals surface area (Å²) in [5.74, 6) is 0. The van der Waals surface area contributed by atoms with Crippen LogP contribution in [0, 0.1) is 0 Å². The molecule has 1 aromatic rings. The van der Waals surface area contributed by atoms with E-state index in [1.54, 1.807) is 6.07 Å². The van der Waals surface area contributed by atoms with Gasteiger partial charge in [0.15, 0.2) is 0 Å². The Morgan fingerprint density at radius 1 is 1.43 bits per heavy atom. The number of ether oxygens (including phenoxy) is 1. The summed E-state index contributed by atoms with van der Waals surface area (Å²) >= 11 is 6.42. The summed E-state index contributed by atoms with van der Waals surface area (Å²) in [4.78, 5) is -0.0479. The molecule has 0 bridgehead atoms. The smallest absolute Gasteiger partial charge is 0.243 e. The summed E-state index contributed by atoms with van der Waals surface area (Å²) in [6.45, 7) is 1.73. The molecule has 0 radical (unpaired) electrons. The van der Waals surface area contributed by atoms with Crippen LogP contribution in [0.5, 0.6) is 0 Å². The number of nitrogens with two attached hydrogens (primary N) is 1. The van der Waals surface area contributed by atoms with E-state index in [1.165, 1.54) is 20.1 Å². The Bertz CT molecular complexity index is 582. The number of anilines is 1. The lowest BCUT2D eigenvalue weighted by Crippen LogP contribution is -2.41. The third kappa shape index (κ3) is 5.50. The number of methoxy groups -OCH3 is 1. The van der Waals surface area contributed by atoms with Crippen molar-refractivity contribution in [1.82, 2.24) is 4.72 Å². The highest BCUT2D eigenvalue weighted by molar-refractivity contribution is 9.11. The lowest BCUT2D eigenvalue weighted by molar-refractivity contribution is 0.0292. The molecule has 0 amide bonds. The number of halogens is 2. The Morgan fingerprint density at radius 2 is 2.05 bits per heavy atom. The summed E-state index contributed by atoms with van der Waals surface area (Å²) in [5.41, 5.74) is 4.67. The summed E-state index contributed by atoms with van der Waals surface area (Å²) in [5, 5.41) is 10.1. The zero-order valence-electron chi connectivity index (χ0n) is 11.7. The number of hydrogen-bond donors (Lipinski definition) is 3. The molecule has 21 heavy (non-hydrogen) atoms. The monoisotopic (exact) mass is 444 g/mol. The predicted octanol–water partition coefficient (Wildman–Crippen LogP) is 1.86. The number of benzene rings is 1. The lowest BCUT2D eigenvalue weighted by atomic mass is 10.0. The van der Waals surface area contributed by atoms with Crippen LogP contribution < -0.4 is 10.5 Å². The Morgan fingerprint density at radius 3 is 2.57 bits per heavy atom. The molecule has 0 saturated carbocycles. The number of sulfonamides is 1. The van der Waals surface area contributed by atoms with Gasteiger partial charge >= 0.3 is 0 Å². The molecule has 9 heteroatoms. The van der Waals surface area contributed by atoms with E-state index in [2.05, 4.69) is 36.6 Å². The van der Waals surface area contributed by atoms with Crippen molar-refractivity contribution in [2.75, 3.05) is 26.0 Å². The molecule has 1 unspecified atom stereocenters. The second kappa shape index (κ2) is 7.38. The van der Waals surface area contributed by atoms with Gasteiger partial charge in [-0.2, -0.15) is 0 Å². The van der Waals surface area contributed by atoms with Gasteiger partial charge in [0.1, 0.15) is 4.90 Å². The molecule has 0 aliphatic heterocycles. The lowest BCUT2D eigenvalue weighted by Gasteiger charge is -2.23. The van der Waals surface area contributed by atoms with Gasteiger partial charge < -0.3 is 15.6 Å². The SMILES string of the molecule is COCCC(C)(O)CNS(=O)(=O)c1c(N)cc(Br)cc1Br. The molecule has 6 nitrogen and oxygen atoms in total. The maximum absolute atomic E-state index is 12.3. The van der Waals surface area contributed by atoms with Gasteiger partial charge in [0.25, 0.3) is 0 Å². The fourth-order valence-electron chi connectivity index (χ4n) is 1.60. The van der Waals surface area contributed by atoms with Gasteiger partial charge in [-0.25, -0.2) is 13.1 Å². The minimum Gasteiger partial charge on any atom is -0.398 e. The molecule has 0 saturated heterocycles. The quantitative estimate of drug-likeness (QED) is 0.556. The highest BCUT2D eigenvalue weighted by Gasteiger charge is 2.26. The molecule has 0 aliphatic rings. The fraction of sp³-hybridized carbons (Fsp3) is 0.500. The molecule has 0 heterocycles. The second-order valence-corrected chi connectivity index (χ2v) is 8.34. The zero-order valence-corrected chi connectivity index (χ0v) is 15.7. The maximum atomic E-state index is 12.3. The molecule has 1 atom stereocenters. The van der Waals surface area contributed by atoms with Crippen LogP contribution in [-0.4, -0.2) is 39.4 Å². The van der Waals surface area contributed by atoms with Crippen LogP contribution in [0.25, 0.3) is 0 Å². The molecular weight excluding hydrogens is 428 g/mol. The molecule has 1 aromatic carbocycles. The van der Waals surface area contributed by atoms with Crippen LogP contribution in [0.3, 0.4) is 0 Å². The molecule has 1 rings (SSSR count). The fourth-order valence-corrected chi connectivity index (χ4v) is 4.82. The normalized spacial score (nSPS) is 14.9. The molecule has 120 valence electrons. The van der Waals surface area contributed by atoms with E-state index in [0.717, 1.165) is 0 Å². The topological polar surface area (TPSA) is 102 Å². The van der Waals surface area contributed by atoms with Crippen molar-refractivity contribution in [1.29, 1.82) is 0 Å². The molecule has 4 N–H and O–H groups in total. The van der Waals surface area contributed by atoms with E-state index in [1.807, 2.05) is 0 Å². The van der Waals surface area contributed by atoms with Crippen molar-refractivity contribution in [3.8, 4) is 0 Å². The number of nitrogens with one attached hydrogen (secondary N) is 1. The number of aliphatic hydroxyl groups is 1. The zero-order chi connectivity index (χ0) is 16.3. The first-order chi connectivity index (χ1) is 9.59. The molecule has 0 aromatic heterocycles. The van der Waals surface area contributed by atoms with Gasteiger partial charge in [-0.15, -0.1) is 0 Å². The van der Waals surface area contributed by atoms with Gasteiger partial charge in [-0.3, -0.25) is 0 Å². The van der Waals surface area contributed by atoms with Crippen LogP contribution in [0.4, 0.5) is 5.69 Å². The van der Waals surface area contributed by atoms with Crippen molar-refractivity contribution >= 4 is 47.6 Å². The van der Waals surface area contributed by atoms with E-state index in [-0.39, 0.29) is 17.1 Å². The second-order valence-electron chi connectivity index (χ2n) is 4.87. The highest BCUT2D eigenvalue weighted by atomic mass is 79.9. The highest BCUT2D eigenvalue weighted by Crippen LogP contribution is 2.31. The van der Waals surface area contributed by atoms with Crippen LogP contribution in [0.1, 0.15) is 13.3 Å². The van der Waals surface area contributed by atoms with Crippen LogP contribution in [-0.2, 0) is 14.8 Å². The van der Waals surface area contributed by atoms with Gasteiger partial charge in [-0.1, -0.05) is 15.9 Å². The maximum Gasteiger partial charge on any atom is 0.243 e. The predicted molar refractivity (Wildman–Crippen MR) is 88.6 cm³/mol. The van der Waals surface area contributed by atoms with Crippen molar-refractivity contribution in [3.05, 3.63) is 21.1 Å². The number of rotatable bonds is 7.